The molecule has 136 valence electrons. The smallest absolute Gasteiger partial charge is 0.125 e. The van der Waals surface area contributed by atoms with Crippen molar-refractivity contribution in [2.45, 2.75) is 47.5 Å². The van der Waals surface area contributed by atoms with Gasteiger partial charge >= 0.3 is 0 Å². The lowest BCUT2D eigenvalue weighted by Gasteiger charge is -2.21. The number of hydrogen-bond acceptors (Lipinski definition) is 2. The van der Waals surface area contributed by atoms with E-state index in [0.29, 0.717) is 19.1 Å². The molecule has 0 atom stereocenters. The van der Waals surface area contributed by atoms with Gasteiger partial charge in [-0.25, -0.2) is 0 Å². The van der Waals surface area contributed by atoms with Gasteiger partial charge < -0.3 is 9.47 Å². The van der Waals surface area contributed by atoms with E-state index in [9.17, 15) is 0 Å². The molecule has 0 aliphatic carbocycles. The number of hydrogen-bond donors (Lipinski definition) is 0. The zero-order valence-corrected chi connectivity index (χ0v) is 17.8. The molecule has 0 aliphatic rings. The Morgan fingerprint density at radius 2 is 1.04 bits per heavy atom. The average molecular weight is 405 g/mol. The summed E-state index contributed by atoms with van der Waals surface area (Å²) >= 11 is 3.72. The Labute approximate surface area is 160 Å². The van der Waals surface area contributed by atoms with Gasteiger partial charge in [-0.2, -0.15) is 0 Å². The molecule has 0 saturated heterocycles. The minimum atomic E-state index is 0.307. The Morgan fingerprint density at radius 3 is 1.28 bits per heavy atom. The van der Waals surface area contributed by atoms with Crippen LogP contribution in [0.3, 0.4) is 0 Å². The molecule has 0 aromatic heterocycles. The molecule has 0 radical (unpaired) electrons. The van der Waals surface area contributed by atoms with Crippen molar-refractivity contribution < 1.29 is 9.47 Å². The summed E-state index contributed by atoms with van der Waals surface area (Å²) in [6, 6.07) is 9.02. The lowest BCUT2D eigenvalue weighted by molar-refractivity contribution is 0.335. The van der Waals surface area contributed by atoms with E-state index in [2.05, 4.69) is 67.9 Å². The Kier molecular flexibility index (Phi) is 6.95. The number of benzene rings is 2. The van der Waals surface area contributed by atoms with E-state index in [4.69, 9.17) is 9.47 Å². The van der Waals surface area contributed by atoms with Gasteiger partial charge in [0.25, 0.3) is 0 Å². The Balaban J connectivity index is 2.47. The molecule has 3 heteroatoms. The fraction of sp³-hybridized carbons (Fsp3) is 0.455. The number of ether oxygens (including phenoxy) is 2. The van der Waals surface area contributed by atoms with Gasteiger partial charge in [-0.1, -0.05) is 40.2 Å². The van der Waals surface area contributed by atoms with Crippen molar-refractivity contribution in [1.29, 1.82) is 0 Å². The van der Waals surface area contributed by atoms with E-state index < -0.39 is 0 Å². The van der Waals surface area contributed by atoms with Gasteiger partial charge in [-0.05, 0) is 74.9 Å². The normalized spacial score (nSPS) is 11.0. The van der Waals surface area contributed by atoms with E-state index in [0.717, 1.165) is 16.8 Å². The van der Waals surface area contributed by atoms with Crippen molar-refractivity contribution in [2.24, 2.45) is 0 Å². The fourth-order valence-electron chi connectivity index (χ4n) is 3.48. The van der Waals surface area contributed by atoms with Crippen molar-refractivity contribution in [1.82, 2.24) is 0 Å². The van der Waals surface area contributed by atoms with E-state index in [-0.39, 0.29) is 0 Å². The van der Waals surface area contributed by atoms with E-state index in [1.165, 1.54) is 33.4 Å². The van der Waals surface area contributed by atoms with Gasteiger partial charge in [0, 0.05) is 11.2 Å². The Hall–Kier alpha value is -1.48. The van der Waals surface area contributed by atoms with E-state index in [1.807, 2.05) is 13.8 Å². The van der Waals surface area contributed by atoms with Crippen LogP contribution in [-0.2, 0) is 0 Å². The topological polar surface area (TPSA) is 18.5 Å². The van der Waals surface area contributed by atoms with Crippen LogP contribution in [0.15, 0.2) is 24.3 Å². The molecule has 0 amide bonds. The Bertz CT molecular complexity index is 629. The van der Waals surface area contributed by atoms with Crippen LogP contribution in [-0.4, -0.2) is 18.5 Å². The second kappa shape index (κ2) is 8.75. The average Bonchev–Trinajstić information content (AvgIpc) is 2.55. The van der Waals surface area contributed by atoms with Gasteiger partial charge in [0.05, 0.1) is 13.2 Å². The first-order chi connectivity index (χ1) is 11.9. The first-order valence-corrected chi connectivity index (χ1v) is 10.1. The lowest BCUT2D eigenvalue weighted by Crippen LogP contribution is -2.07. The van der Waals surface area contributed by atoms with Gasteiger partial charge in [0.15, 0.2) is 0 Å². The minimum Gasteiger partial charge on any atom is -0.493 e. The van der Waals surface area contributed by atoms with E-state index in [1.54, 1.807) is 0 Å². The lowest BCUT2D eigenvalue weighted by atomic mass is 9.88. The predicted octanol–water partition coefficient (Wildman–Crippen LogP) is 6.24. The summed E-state index contributed by atoms with van der Waals surface area (Å²) in [4.78, 5) is 0. The predicted molar refractivity (Wildman–Crippen MR) is 110 cm³/mol. The molecule has 0 spiro atoms. The molecule has 0 N–H and O–H groups in total. The van der Waals surface area contributed by atoms with Crippen LogP contribution in [0, 0.1) is 27.7 Å². The molecule has 0 fully saturated rings. The highest BCUT2D eigenvalue weighted by Crippen LogP contribution is 2.35. The van der Waals surface area contributed by atoms with Gasteiger partial charge in [-0.15, -0.1) is 0 Å². The molecule has 2 rings (SSSR count). The highest BCUT2D eigenvalue weighted by molar-refractivity contribution is 9.09. The summed E-state index contributed by atoms with van der Waals surface area (Å²) in [6.45, 7) is 13.9. The zero-order chi connectivity index (χ0) is 18.6. The van der Waals surface area contributed by atoms with Crippen molar-refractivity contribution in [3.8, 4) is 11.5 Å². The summed E-state index contributed by atoms with van der Waals surface area (Å²) in [6.07, 6.45) is 0. The van der Waals surface area contributed by atoms with Gasteiger partial charge in [0.2, 0.25) is 0 Å². The third kappa shape index (κ3) is 4.38. The number of rotatable bonds is 7. The van der Waals surface area contributed by atoms with Gasteiger partial charge in [0.1, 0.15) is 11.5 Å². The maximum Gasteiger partial charge on any atom is 0.125 e. The van der Waals surface area contributed by atoms with Crippen molar-refractivity contribution in [3.63, 3.8) is 0 Å². The molecule has 0 saturated carbocycles. The maximum atomic E-state index is 5.79. The quantitative estimate of drug-likeness (QED) is 0.508. The maximum absolute atomic E-state index is 5.79. The van der Waals surface area contributed by atoms with Crippen LogP contribution < -0.4 is 9.47 Å². The van der Waals surface area contributed by atoms with Crippen LogP contribution in [0.2, 0.25) is 0 Å². The molecule has 2 aromatic carbocycles. The highest BCUT2D eigenvalue weighted by atomic mass is 79.9. The van der Waals surface area contributed by atoms with Crippen LogP contribution in [0.4, 0.5) is 0 Å². The third-order valence-electron chi connectivity index (χ3n) is 4.50. The number of aryl methyl sites for hydroxylation is 4. The highest BCUT2D eigenvalue weighted by Gasteiger charge is 2.18. The van der Waals surface area contributed by atoms with Crippen molar-refractivity contribution in [2.75, 3.05) is 18.5 Å². The fourth-order valence-corrected chi connectivity index (χ4v) is 4.23. The summed E-state index contributed by atoms with van der Waals surface area (Å²) in [5.74, 6) is 2.33. The second-order valence-corrected chi connectivity index (χ2v) is 7.19. The van der Waals surface area contributed by atoms with Crippen molar-refractivity contribution in [3.05, 3.63) is 57.6 Å². The largest absolute Gasteiger partial charge is 0.493 e. The SMILES string of the molecule is CCOc1c(C)cc(C(CBr)c2cc(C)c(OCC)c(C)c2)cc1C. The number of alkyl halides is 1. The molecule has 2 nitrogen and oxygen atoms in total. The first kappa shape index (κ1) is 19.8. The Morgan fingerprint density at radius 1 is 0.720 bits per heavy atom. The minimum absolute atomic E-state index is 0.307. The van der Waals surface area contributed by atoms with Crippen LogP contribution >= 0.6 is 15.9 Å². The molecular weight excluding hydrogens is 376 g/mol. The zero-order valence-electron chi connectivity index (χ0n) is 16.2. The monoisotopic (exact) mass is 404 g/mol. The third-order valence-corrected chi connectivity index (χ3v) is 5.15. The first-order valence-electron chi connectivity index (χ1n) is 8.96. The van der Waals surface area contributed by atoms with Crippen LogP contribution in [0.1, 0.15) is 53.1 Å². The molecule has 0 heterocycles. The molecule has 0 unspecified atom stereocenters. The summed E-state index contributed by atoms with van der Waals surface area (Å²) in [5.41, 5.74) is 7.42. The van der Waals surface area contributed by atoms with Gasteiger partial charge in [-0.3, -0.25) is 0 Å². The molecular formula is C22H29BrO2. The summed E-state index contributed by atoms with van der Waals surface area (Å²) < 4.78 is 11.6. The molecule has 0 bridgehead atoms. The molecule has 2 aromatic rings. The van der Waals surface area contributed by atoms with E-state index >= 15 is 0 Å². The second-order valence-electron chi connectivity index (χ2n) is 6.54. The molecule has 25 heavy (non-hydrogen) atoms. The number of halogens is 1. The standard InChI is InChI=1S/C22H29BrO2/c1-7-24-21-14(3)9-18(10-15(21)4)20(13-23)19-11-16(5)22(25-8-2)17(6)12-19/h9-12,20H,7-8,13H2,1-6H3. The summed E-state index contributed by atoms with van der Waals surface area (Å²) in [7, 11) is 0. The summed E-state index contributed by atoms with van der Waals surface area (Å²) in [5, 5.41) is 0.882. The molecule has 0 aliphatic heterocycles. The van der Waals surface area contributed by atoms with Crippen LogP contribution in [0.5, 0.6) is 11.5 Å². The van der Waals surface area contributed by atoms with Crippen LogP contribution in [0.25, 0.3) is 0 Å². The van der Waals surface area contributed by atoms with Crippen molar-refractivity contribution >= 4 is 15.9 Å².